The number of aliphatic hydroxyl groups is 1. The van der Waals surface area contributed by atoms with Crippen LogP contribution in [0, 0.1) is 13.8 Å². The highest BCUT2D eigenvalue weighted by atomic mass is 35.5. The predicted molar refractivity (Wildman–Crippen MR) is 63.7 cm³/mol. The quantitative estimate of drug-likeness (QED) is 0.819. The zero-order valence-corrected chi connectivity index (χ0v) is 10.5. The zero-order valence-electron chi connectivity index (χ0n) is 9.70. The van der Waals surface area contributed by atoms with Crippen molar-refractivity contribution >= 4 is 11.6 Å². The van der Waals surface area contributed by atoms with Crippen molar-refractivity contribution in [2.45, 2.75) is 45.4 Å². The average Bonchev–Trinajstić information content (AvgIpc) is 3.03. The van der Waals surface area contributed by atoms with Crippen molar-refractivity contribution in [2.24, 2.45) is 0 Å². The maximum Gasteiger partial charge on any atom is 0.0860 e. The Balaban J connectivity index is 1.88. The molecular weight excluding hydrogens is 226 g/mol. The number of hydrogen-bond donors (Lipinski definition) is 2. The number of halogens is 1. The summed E-state index contributed by atoms with van der Waals surface area (Å²) in [6.07, 6.45) is 2.06. The molecule has 1 aromatic heterocycles. The molecule has 16 heavy (non-hydrogen) atoms. The van der Waals surface area contributed by atoms with Gasteiger partial charge in [-0.1, -0.05) is 11.6 Å². The number of aromatic nitrogens is 2. The van der Waals surface area contributed by atoms with E-state index in [9.17, 15) is 5.11 Å². The van der Waals surface area contributed by atoms with Gasteiger partial charge in [-0.15, -0.1) is 0 Å². The van der Waals surface area contributed by atoms with E-state index >= 15 is 0 Å². The first-order valence-electron chi connectivity index (χ1n) is 5.69. The molecule has 0 spiro atoms. The average molecular weight is 244 g/mol. The van der Waals surface area contributed by atoms with Crippen molar-refractivity contribution in [1.82, 2.24) is 15.1 Å². The lowest BCUT2D eigenvalue weighted by Crippen LogP contribution is -2.32. The molecule has 4 nitrogen and oxygen atoms in total. The summed E-state index contributed by atoms with van der Waals surface area (Å²) in [4.78, 5) is 0. The van der Waals surface area contributed by atoms with Gasteiger partial charge in [-0.05, 0) is 26.7 Å². The van der Waals surface area contributed by atoms with E-state index in [1.54, 1.807) is 4.68 Å². The third-order valence-corrected chi connectivity index (χ3v) is 3.44. The highest BCUT2D eigenvalue weighted by Crippen LogP contribution is 2.20. The smallest absolute Gasteiger partial charge is 0.0860 e. The van der Waals surface area contributed by atoms with Crippen molar-refractivity contribution in [3.8, 4) is 0 Å². The molecule has 0 amide bonds. The van der Waals surface area contributed by atoms with E-state index in [1.807, 2.05) is 13.8 Å². The highest BCUT2D eigenvalue weighted by molar-refractivity contribution is 6.31. The molecule has 1 aliphatic rings. The molecule has 1 saturated carbocycles. The Morgan fingerprint density at radius 2 is 2.25 bits per heavy atom. The fourth-order valence-corrected chi connectivity index (χ4v) is 1.84. The van der Waals surface area contributed by atoms with Crippen LogP contribution in [0.5, 0.6) is 0 Å². The minimum absolute atomic E-state index is 0.408. The fraction of sp³-hybridized carbons (Fsp3) is 0.727. The number of aryl methyl sites for hydroxylation is 1. The molecule has 1 fully saturated rings. The lowest BCUT2D eigenvalue weighted by Gasteiger charge is -2.12. The molecule has 2 rings (SSSR count). The molecule has 0 bridgehead atoms. The monoisotopic (exact) mass is 243 g/mol. The Morgan fingerprint density at radius 1 is 1.56 bits per heavy atom. The minimum atomic E-state index is -0.408. The SMILES string of the molecule is Cc1nn(CC(O)CNC2CC2)c(C)c1Cl. The van der Waals surface area contributed by atoms with Gasteiger partial charge in [0, 0.05) is 12.6 Å². The van der Waals surface area contributed by atoms with Crippen LogP contribution in [0.3, 0.4) is 0 Å². The molecule has 0 aromatic carbocycles. The van der Waals surface area contributed by atoms with Gasteiger partial charge in [0.25, 0.3) is 0 Å². The van der Waals surface area contributed by atoms with Gasteiger partial charge in [0.2, 0.25) is 0 Å². The van der Waals surface area contributed by atoms with Crippen LogP contribution in [0.15, 0.2) is 0 Å². The zero-order chi connectivity index (χ0) is 11.7. The maximum absolute atomic E-state index is 9.84. The number of aliphatic hydroxyl groups excluding tert-OH is 1. The lowest BCUT2D eigenvalue weighted by atomic mass is 10.3. The standard InChI is InChI=1S/C11H18ClN3O/c1-7-11(12)8(2)15(14-7)6-10(16)5-13-9-3-4-9/h9-10,13,16H,3-6H2,1-2H3. The van der Waals surface area contributed by atoms with Gasteiger partial charge in [0.15, 0.2) is 0 Å². The molecule has 1 atom stereocenters. The molecule has 0 radical (unpaired) electrons. The Hall–Kier alpha value is -0.580. The van der Waals surface area contributed by atoms with Crippen LogP contribution >= 0.6 is 11.6 Å². The Labute approximate surface area is 101 Å². The summed E-state index contributed by atoms with van der Waals surface area (Å²) >= 11 is 6.04. The van der Waals surface area contributed by atoms with E-state index in [1.165, 1.54) is 12.8 Å². The van der Waals surface area contributed by atoms with Crippen LogP contribution in [-0.2, 0) is 6.54 Å². The molecule has 1 unspecified atom stereocenters. The first-order valence-corrected chi connectivity index (χ1v) is 6.06. The van der Waals surface area contributed by atoms with Crippen LogP contribution in [0.4, 0.5) is 0 Å². The fourth-order valence-electron chi connectivity index (χ4n) is 1.71. The highest BCUT2D eigenvalue weighted by Gasteiger charge is 2.21. The summed E-state index contributed by atoms with van der Waals surface area (Å²) in [7, 11) is 0. The molecule has 1 aliphatic carbocycles. The molecule has 0 aliphatic heterocycles. The maximum atomic E-state index is 9.84. The van der Waals surface area contributed by atoms with Crippen LogP contribution < -0.4 is 5.32 Å². The largest absolute Gasteiger partial charge is 0.390 e. The van der Waals surface area contributed by atoms with E-state index in [0.29, 0.717) is 24.2 Å². The lowest BCUT2D eigenvalue weighted by molar-refractivity contribution is 0.145. The number of nitrogens with zero attached hydrogens (tertiary/aromatic N) is 2. The van der Waals surface area contributed by atoms with Crippen LogP contribution in [-0.4, -0.2) is 33.6 Å². The second-order valence-corrected chi connectivity index (χ2v) is 4.88. The van der Waals surface area contributed by atoms with E-state index in [0.717, 1.165) is 11.4 Å². The summed E-state index contributed by atoms with van der Waals surface area (Å²) in [6, 6.07) is 0.624. The number of nitrogens with one attached hydrogen (secondary N) is 1. The van der Waals surface area contributed by atoms with Gasteiger partial charge in [0.1, 0.15) is 0 Å². The van der Waals surface area contributed by atoms with Crippen molar-refractivity contribution in [1.29, 1.82) is 0 Å². The Bertz CT molecular complexity index is 374. The predicted octanol–water partition coefficient (Wildman–Crippen LogP) is 1.27. The molecule has 5 heteroatoms. The topological polar surface area (TPSA) is 50.1 Å². The van der Waals surface area contributed by atoms with E-state index in [4.69, 9.17) is 11.6 Å². The van der Waals surface area contributed by atoms with Crippen molar-refractivity contribution in [3.05, 3.63) is 16.4 Å². The van der Waals surface area contributed by atoms with Crippen LogP contribution in [0.2, 0.25) is 5.02 Å². The third kappa shape index (κ3) is 2.75. The summed E-state index contributed by atoms with van der Waals surface area (Å²) in [5, 5.41) is 18.1. The van der Waals surface area contributed by atoms with Gasteiger partial charge < -0.3 is 10.4 Å². The van der Waals surface area contributed by atoms with Gasteiger partial charge in [-0.25, -0.2) is 0 Å². The number of hydrogen-bond acceptors (Lipinski definition) is 3. The first kappa shape index (κ1) is 11.9. The third-order valence-electron chi connectivity index (χ3n) is 2.90. The number of rotatable bonds is 5. The van der Waals surface area contributed by atoms with Crippen molar-refractivity contribution in [2.75, 3.05) is 6.54 Å². The summed E-state index contributed by atoms with van der Waals surface area (Å²) < 4.78 is 1.77. The van der Waals surface area contributed by atoms with E-state index in [2.05, 4.69) is 10.4 Å². The Morgan fingerprint density at radius 3 is 2.75 bits per heavy atom. The van der Waals surface area contributed by atoms with Crippen LogP contribution in [0.1, 0.15) is 24.2 Å². The van der Waals surface area contributed by atoms with Crippen LogP contribution in [0.25, 0.3) is 0 Å². The van der Waals surface area contributed by atoms with Crippen molar-refractivity contribution < 1.29 is 5.11 Å². The first-order chi connectivity index (χ1) is 7.58. The van der Waals surface area contributed by atoms with E-state index in [-0.39, 0.29) is 0 Å². The molecule has 1 aromatic rings. The van der Waals surface area contributed by atoms with Gasteiger partial charge in [-0.3, -0.25) is 4.68 Å². The summed E-state index contributed by atoms with van der Waals surface area (Å²) in [6.45, 7) is 4.92. The summed E-state index contributed by atoms with van der Waals surface area (Å²) in [5.74, 6) is 0. The van der Waals surface area contributed by atoms with Crippen molar-refractivity contribution in [3.63, 3.8) is 0 Å². The second kappa shape index (κ2) is 4.73. The molecule has 2 N–H and O–H groups in total. The minimum Gasteiger partial charge on any atom is -0.390 e. The normalized spacial score (nSPS) is 17.8. The molecule has 90 valence electrons. The van der Waals surface area contributed by atoms with Gasteiger partial charge in [0.05, 0.1) is 29.1 Å². The Kier molecular flexibility index (Phi) is 3.52. The molecule has 0 saturated heterocycles. The summed E-state index contributed by atoms with van der Waals surface area (Å²) in [5.41, 5.74) is 1.74. The van der Waals surface area contributed by atoms with Gasteiger partial charge >= 0.3 is 0 Å². The second-order valence-electron chi connectivity index (χ2n) is 4.50. The van der Waals surface area contributed by atoms with Gasteiger partial charge in [-0.2, -0.15) is 5.10 Å². The molecule has 1 heterocycles. The molecular formula is C11H18ClN3O. The van der Waals surface area contributed by atoms with E-state index < -0.39 is 6.10 Å².